The number of anilines is 2. The fourth-order valence-corrected chi connectivity index (χ4v) is 6.85. The van der Waals surface area contributed by atoms with Crippen molar-refractivity contribution in [3.8, 4) is 11.7 Å². The van der Waals surface area contributed by atoms with Crippen molar-refractivity contribution in [2.45, 2.75) is 75.8 Å². The van der Waals surface area contributed by atoms with Gasteiger partial charge in [-0.3, -0.25) is 9.52 Å². The summed E-state index contributed by atoms with van der Waals surface area (Å²) in [6.07, 6.45) is 12.8. The van der Waals surface area contributed by atoms with E-state index in [2.05, 4.69) is 31.9 Å². The van der Waals surface area contributed by atoms with Crippen LogP contribution in [-0.2, 0) is 0 Å². The zero-order valence-corrected chi connectivity index (χ0v) is 24.0. The molecular formula is C30H39N7O2S. The highest BCUT2D eigenvalue weighted by Gasteiger charge is 2.32. The molecule has 2 fully saturated rings. The van der Waals surface area contributed by atoms with Crippen molar-refractivity contribution in [2.24, 2.45) is 11.8 Å². The van der Waals surface area contributed by atoms with Gasteiger partial charge in [-0.05, 0) is 68.7 Å². The topological polar surface area (TPSA) is 97.2 Å². The SMILES string of the molecule is CC1CC2CCCCNc3cccc(n3)SNC(=O)c3ccc(-n4ccc(OCCC5CCCC5)n4)nc3N1C2. The van der Waals surface area contributed by atoms with E-state index in [9.17, 15) is 4.79 Å². The summed E-state index contributed by atoms with van der Waals surface area (Å²) in [6, 6.07) is 11.7. The molecule has 1 saturated carbocycles. The summed E-state index contributed by atoms with van der Waals surface area (Å²) >= 11 is 1.23. The van der Waals surface area contributed by atoms with Crippen LogP contribution in [0.1, 0.15) is 75.1 Å². The fraction of sp³-hybridized carbons (Fsp3) is 0.533. The number of fused-ring (bicyclic) bond motifs is 6. The van der Waals surface area contributed by atoms with Crippen molar-refractivity contribution in [3.05, 3.63) is 48.2 Å². The van der Waals surface area contributed by atoms with E-state index in [1.807, 2.05) is 42.6 Å². The second-order valence-corrected chi connectivity index (χ2v) is 12.2. The molecule has 0 radical (unpaired) electrons. The van der Waals surface area contributed by atoms with Crippen molar-refractivity contribution in [1.29, 1.82) is 0 Å². The first kappa shape index (κ1) is 26.9. The van der Waals surface area contributed by atoms with E-state index in [0.717, 1.165) is 62.0 Å². The fourth-order valence-electron chi connectivity index (χ4n) is 6.25. The first-order chi connectivity index (χ1) is 19.6. The van der Waals surface area contributed by atoms with Crippen LogP contribution in [0.4, 0.5) is 11.6 Å². The number of nitrogens with zero attached hydrogens (tertiary/aromatic N) is 5. The minimum absolute atomic E-state index is 0.182. The van der Waals surface area contributed by atoms with Crippen LogP contribution in [-0.4, -0.2) is 51.4 Å². The van der Waals surface area contributed by atoms with E-state index in [4.69, 9.17) is 9.72 Å². The number of aromatic nitrogens is 4. The molecule has 4 bridgehead atoms. The molecule has 3 aliphatic rings. The van der Waals surface area contributed by atoms with E-state index in [-0.39, 0.29) is 5.91 Å². The first-order valence-corrected chi connectivity index (χ1v) is 15.6. The lowest BCUT2D eigenvalue weighted by Crippen LogP contribution is -2.31. The molecule has 1 amide bonds. The molecule has 3 aromatic rings. The molecule has 0 spiro atoms. The van der Waals surface area contributed by atoms with E-state index in [1.165, 1.54) is 37.6 Å². The Bertz CT molecular complexity index is 1310. The lowest BCUT2D eigenvalue weighted by Gasteiger charge is -2.25. The smallest absolute Gasteiger partial charge is 0.265 e. The molecule has 6 rings (SSSR count). The quantitative estimate of drug-likeness (QED) is 0.374. The number of hydrogen-bond acceptors (Lipinski definition) is 8. The van der Waals surface area contributed by atoms with Gasteiger partial charge in [0.2, 0.25) is 5.88 Å². The van der Waals surface area contributed by atoms with Crippen molar-refractivity contribution in [1.82, 2.24) is 24.5 Å². The van der Waals surface area contributed by atoms with Gasteiger partial charge in [-0.1, -0.05) is 38.2 Å². The Morgan fingerprint density at radius 2 is 1.93 bits per heavy atom. The zero-order chi connectivity index (χ0) is 27.3. The molecule has 2 atom stereocenters. The molecular weight excluding hydrogens is 522 g/mol. The minimum atomic E-state index is -0.182. The van der Waals surface area contributed by atoms with Gasteiger partial charge in [0.25, 0.3) is 5.91 Å². The highest BCUT2D eigenvalue weighted by Crippen LogP contribution is 2.34. The normalized spacial score (nSPS) is 22.0. The van der Waals surface area contributed by atoms with Gasteiger partial charge in [0.05, 0.1) is 12.2 Å². The highest BCUT2D eigenvalue weighted by molar-refractivity contribution is 7.97. The molecule has 1 aliphatic carbocycles. The molecule has 5 heterocycles. The second kappa shape index (κ2) is 12.5. The van der Waals surface area contributed by atoms with Gasteiger partial charge >= 0.3 is 0 Å². The van der Waals surface area contributed by atoms with Crippen molar-refractivity contribution in [2.75, 3.05) is 29.9 Å². The van der Waals surface area contributed by atoms with E-state index in [0.29, 0.717) is 41.6 Å². The number of ether oxygens (including phenoxy) is 1. The third-order valence-electron chi connectivity index (χ3n) is 8.41. The molecule has 40 heavy (non-hydrogen) atoms. The van der Waals surface area contributed by atoms with Crippen LogP contribution < -0.4 is 19.7 Å². The Hall–Kier alpha value is -3.27. The first-order valence-electron chi connectivity index (χ1n) is 14.8. The third-order valence-corrected chi connectivity index (χ3v) is 9.13. The summed E-state index contributed by atoms with van der Waals surface area (Å²) in [6.45, 7) is 4.72. The van der Waals surface area contributed by atoms with Crippen molar-refractivity contribution >= 4 is 29.5 Å². The van der Waals surface area contributed by atoms with Gasteiger partial charge in [0, 0.05) is 43.3 Å². The summed E-state index contributed by atoms with van der Waals surface area (Å²) in [5.41, 5.74) is 0.560. The van der Waals surface area contributed by atoms with Crippen LogP contribution in [0.2, 0.25) is 0 Å². The predicted octanol–water partition coefficient (Wildman–Crippen LogP) is 5.87. The molecule has 2 aliphatic heterocycles. The van der Waals surface area contributed by atoms with Gasteiger partial charge in [-0.15, -0.1) is 5.10 Å². The van der Waals surface area contributed by atoms with Crippen LogP contribution in [0.25, 0.3) is 5.82 Å². The van der Waals surface area contributed by atoms with Crippen LogP contribution in [0.15, 0.2) is 47.6 Å². The molecule has 10 heteroatoms. The second-order valence-electron chi connectivity index (χ2n) is 11.3. The Kier molecular flexibility index (Phi) is 8.41. The lowest BCUT2D eigenvalue weighted by molar-refractivity contribution is 0.0984. The minimum Gasteiger partial charge on any atom is -0.477 e. The third kappa shape index (κ3) is 6.37. The van der Waals surface area contributed by atoms with Gasteiger partial charge in [0.15, 0.2) is 5.82 Å². The van der Waals surface area contributed by atoms with E-state index < -0.39 is 0 Å². The molecule has 2 unspecified atom stereocenters. The molecule has 3 aromatic heterocycles. The highest BCUT2D eigenvalue weighted by atomic mass is 32.2. The van der Waals surface area contributed by atoms with Crippen molar-refractivity contribution in [3.63, 3.8) is 0 Å². The summed E-state index contributed by atoms with van der Waals surface area (Å²) in [4.78, 5) is 25.4. The summed E-state index contributed by atoms with van der Waals surface area (Å²) < 4.78 is 10.7. The van der Waals surface area contributed by atoms with Gasteiger partial charge < -0.3 is 15.0 Å². The Morgan fingerprint density at radius 1 is 1.05 bits per heavy atom. The average Bonchev–Trinajstić information content (AvgIpc) is 3.73. The maximum atomic E-state index is 13.5. The number of carbonyl (C=O) groups excluding carboxylic acids is 1. The van der Waals surface area contributed by atoms with E-state index in [1.54, 1.807) is 4.68 Å². The van der Waals surface area contributed by atoms with Gasteiger partial charge in [-0.2, -0.15) is 0 Å². The van der Waals surface area contributed by atoms with Crippen LogP contribution in [0.3, 0.4) is 0 Å². The lowest BCUT2D eigenvalue weighted by atomic mass is 9.99. The van der Waals surface area contributed by atoms with Gasteiger partial charge in [-0.25, -0.2) is 14.6 Å². The van der Waals surface area contributed by atoms with E-state index >= 15 is 0 Å². The molecule has 9 nitrogen and oxygen atoms in total. The van der Waals surface area contributed by atoms with Crippen LogP contribution >= 0.6 is 11.9 Å². The summed E-state index contributed by atoms with van der Waals surface area (Å²) in [5, 5.41) is 8.80. The Labute approximate surface area is 240 Å². The monoisotopic (exact) mass is 561 g/mol. The molecule has 0 aromatic carbocycles. The van der Waals surface area contributed by atoms with Crippen LogP contribution in [0.5, 0.6) is 5.88 Å². The molecule has 212 valence electrons. The summed E-state index contributed by atoms with van der Waals surface area (Å²) in [7, 11) is 0. The molecule has 2 N–H and O–H groups in total. The number of rotatable bonds is 5. The maximum absolute atomic E-state index is 13.5. The number of carbonyl (C=O) groups is 1. The Morgan fingerprint density at radius 3 is 2.83 bits per heavy atom. The van der Waals surface area contributed by atoms with Crippen molar-refractivity contribution < 1.29 is 9.53 Å². The average molecular weight is 562 g/mol. The van der Waals surface area contributed by atoms with Gasteiger partial charge in [0.1, 0.15) is 16.7 Å². The number of hydrogen-bond donors (Lipinski definition) is 2. The summed E-state index contributed by atoms with van der Waals surface area (Å²) in [5.74, 6) is 4.01. The number of nitrogens with one attached hydrogen (secondary N) is 2. The number of amides is 1. The van der Waals surface area contributed by atoms with Crippen LogP contribution in [0, 0.1) is 11.8 Å². The number of pyridine rings is 2. The standard InChI is InChI=1S/C30H39N7O2S/c1-21-19-23-9-4-5-16-31-25-10-6-11-28(32-25)40-35-30(38)24-12-13-26(33-29(24)36(21)20-23)37-17-14-27(34-37)39-18-15-22-7-2-3-8-22/h6,10-14,17,21-23H,2-5,7-9,15-16,18-20H2,1H3,(H,31,32)(H,35,38). The Balaban J connectivity index is 1.24. The maximum Gasteiger partial charge on any atom is 0.265 e. The predicted molar refractivity (Wildman–Crippen MR) is 158 cm³/mol. The zero-order valence-electron chi connectivity index (χ0n) is 23.2. The molecule has 1 saturated heterocycles. The largest absolute Gasteiger partial charge is 0.477 e.